The Labute approximate surface area is 155 Å². The van der Waals surface area contributed by atoms with Crippen molar-refractivity contribution in [3.8, 4) is 0 Å². The molecule has 0 saturated carbocycles. The van der Waals surface area contributed by atoms with Gasteiger partial charge in [-0.25, -0.2) is 4.99 Å². The standard InChI is InChI=1S/C16H17F3N4.HI/c1-11-5-6-13(9-21-11)10-23-15(20)22-8-12-3-2-4-14(7-12)16(17,18)19;/h2-7,9H,8,10H2,1H3,(H3,20,22,23);1H. The predicted octanol–water partition coefficient (Wildman–Crippen LogP) is 3.63. The van der Waals surface area contributed by atoms with E-state index in [4.69, 9.17) is 5.73 Å². The SMILES string of the molecule is Cc1ccc(CN=C(N)NCc2cccc(C(F)(F)F)c2)cn1.I. The van der Waals surface area contributed by atoms with Gasteiger partial charge in [-0.15, -0.1) is 24.0 Å². The highest BCUT2D eigenvalue weighted by Gasteiger charge is 2.30. The van der Waals surface area contributed by atoms with E-state index in [1.54, 1.807) is 12.3 Å². The molecule has 0 amide bonds. The Morgan fingerprint density at radius 2 is 1.96 bits per heavy atom. The van der Waals surface area contributed by atoms with Crippen molar-refractivity contribution in [1.82, 2.24) is 10.3 Å². The molecule has 0 unspecified atom stereocenters. The summed E-state index contributed by atoms with van der Waals surface area (Å²) in [4.78, 5) is 8.28. The Kier molecular flexibility index (Phi) is 7.46. The molecule has 2 aromatic rings. The first kappa shape index (κ1) is 20.2. The van der Waals surface area contributed by atoms with Gasteiger partial charge in [-0.1, -0.05) is 18.2 Å². The second kappa shape index (κ2) is 8.86. The number of nitrogens with two attached hydrogens (primary N) is 1. The number of aliphatic imine (C=N–C) groups is 1. The molecule has 0 aliphatic heterocycles. The third-order valence-corrected chi connectivity index (χ3v) is 3.13. The zero-order valence-electron chi connectivity index (χ0n) is 13.0. The van der Waals surface area contributed by atoms with Gasteiger partial charge in [0.15, 0.2) is 5.96 Å². The number of nitrogens with zero attached hydrogens (tertiary/aromatic N) is 2. The molecular weight excluding hydrogens is 432 g/mol. The van der Waals surface area contributed by atoms with Crippen LogP contribution in [-0.4, -0.2) is 10.9 Å². The van der Waals surface area contributed by atoms with Crippen molar-refractivity contribution in [2.24, 2.45) is 10.7 Å². The lowest BCUT2D eigenvalue weighted by Gasteiger charge is -2.10. The number of nitrogens with one attached hydrogen (secondary N) is 1. The van der Waals surface area contributed by atoms with Crippen molar-refractivity contribution in [1.29, 1.82) is 0 Å². The van der Waals surface area contributed by atoms with E-state index < -0.39 is 11.7 Å². The molecule has 0 bridgehead atoms. The van der Waals surface area contributed by atoms with E-state index in [0.717, 1.165) is 23.4 Å². The molecule has 0 atom stereocenters. The zero-order chi connectivity index (χ0) is 16.9. The minimum absolute atomic E-state index is 0. The molecule has 3 N–H and O–H groups in total. The lowest BCUT2D eigenvalue weighted by Crippen LogP contribution is -2.31. The number of aryl methyl sites for hydroxylation is 1. The van der Waals surface area contributed by atoms with E-state index in [1.165, 1.54) is 6.07 Å². The first-order chi connectivity index (χ1) is 10.8. The number of rotatable bonds is 4. The fourth-order valence-electron chi connectivity index (χ4n) is 1.87. The number of alkyl halides is 3. The number of benzene rings is 1. The van der Waals surface area contributed by atoms with E-state index in [1.807, 2.05) is 19.1 Å². The van der Waals surface area contributed by atoms with E-state index in [2.05, 4.69) is 15.3 Å². The van der Waals surface area contributed by atoms with Gasteiger partial charge in [0.05, 0.1) is 12.1 Å². The van der Waals surface area contributed by atoms with Gasteiger partial charge in [-0.3, -0.25) is 4.98 Å². The first-order valence-corrected chi connectivity index (χ1v) is 6.96. The lowest BCUT2D eigenvalue weighted by molar-refractivity contribution is -0.137. The quantitative estimate of drug-likeness (QED) is 0.425. The number of hydrogen-bond acceptors (Lipinski definition) is 2. The Morgan fingerprint density at radius 3 is 2.58 bits per heavy atom. The summed E-state index contributed by atoms with van der Waals surface area (Å²) in [5.74, 6) is 0.169. The second-order valence-corrected chi connectivity index (χ2v) is 5.06. The highest BCUT2D eigenvalue weighted by molar-refractivity contribution is 14.0. The normalized spacial score (nSPS) is 11.8. The zero-order valence-corrected chi connectivity index (χ0v) is 15.3. The van der Waals surface area contributed by atoms with Crippen LogP contribution in [0.5, 0.6) is 0 Å². The number of hydrogen-bond donors (Lipinski definition) is 2. The average molecular weight is 450 g/mol. The summed E-state index contributed by atoms with van der Waals surface area (Å²) in [6.07, 6.45) is -2.65. The minimum atomic E-state index is -4.35. The molecular formula is C16H18F3IN4. The average Bonchev–Trinajstić information content (AvgIpc) is 2.52. The predicted molar refractivity (Wildman–Crippen MR) is 98.0 cm³/mol. The number of aromatic nitrogens is 1. The summed E-state index contributed by atoms with van der Waals surface area (Å²) in [7, 11) is 0. The van der Waals surface area contributed by atoms with Crippen LogP contribution < -0.4 is 11.1 Å². The Morgan fingerprint density at radius 1 is 1.21 bits per heavy atom. The molecule has 0 saturated heterocycles. The van der Waals surface area contributed by atoms with Crippen molar-refractivity contribution in [2.75, 3.05) is 0 Å². The van der Waals surface area contributed by atoms with Crippen molar-refractivity contribution >= 4 is 29.9 Å². The maximum atomic E-state index is 12.6. The second-order valence-electron chi connectivity index (χ2n) is 5.06. The van der Waals surface area contributed by atoms with Gasteiger partial charge >= 0.3 is 6.18 Å². The van der Waals surface area contributed by atoms with Crippen LogP contribution in [0, 0.1) is 6.92 Å². The number of pyridine rings is 1. The third-order valence-electron chi connectivity index (χ3n) is 3.13. The van der Waals surface area contributed by atoms with Crippen LogP contribution in [0.15, 0.2) is 47.6 Å². The Bertz CT molecular complexity index is 684. The van der Waals surface area contributed by atoms with Crippen LogP contribution in [0.3, 0.4) is 0 Å². The van der Waals surface area contributed by atoms with Crippen molar-refractivity contribution < 1.29 is 13.2 Å². The molecule has 0 spiro atoms. The fourth-order valence-corrected chi connectivity index (χ4v) is 1.87. The van der Waals surface area contributed by atoms with E-state index in [0.29, 0.717) is 12.1 Å². The topological polar surface area (TPSA) is 63.3 Å². The largest absolute Gasteiger partial charge is 0.416 e. The smallest absolute Gasteiger partial charge is 0.370 e. The fraction of sp³-hybridized carbons (Fsp3) is 0.250. The number of halogens is 4. The van der Waals surface area contributed by atoms with Crippen LogP contribution in [0.2, 0.25) is 0 Å². The van der Waals surface area contributed by atoms with Crippen LogP contribution >= 0.6 is 24.0 Å². The summed E-state index contributed by atoms with van der Waals surface area (Å²) in [6.45, 7) is 2.41. The molecule has 0 aliphatic carbocycles. The first-order valence-electron chi connectivity index (χ1n) is 6.96. The maximum Gasteiger partial charge on any atom is 0.416 e. The Balaban J connectivity index is 0.00000288. The summed E-state index contributed by atoms with van der Waals surface area (Å²) in [5, 5.41) is 2.80. The van der Waals surface area contributed by atoms with Gasteiger partial charge in [-0.2, -0.15) is 13.2 Å². The third kappa shape index (κ3) is 6.34. The molecule has 8 heteroatoms. The summed E-state index contributed by atoms with van der Waals surface area (Å²) in [6, 6.07) is 8.85. The molecule has 4 nitrogen and oxygen atoms in total. The van der Waals surface area contributed by atoms with Gasteiger partial charge in [0, 0.05) is 18.4 Å². The van der Waals surface area contributed by atoms with Gasteiger partial charge in [0.2, 0.25) is 0 Å². The van der Waals surface area contributed by atoms with Gasteiger partial charge in [0.25, 0.3) is 0 Å². The molecule has 1 aromatic heterocycles. The molecule has 2 rings (SSSR count). The highest BCUT2D eigenvalue weighted by atomic mass is 127. The maximum absolute atomic E-state index is 12.6. The van der Waals surface area contributed by atoms with Gasteiger partial charge in [-0.05, 0) is 36.2 Å². The van der Waals surface area contributed by atoms with Crippen molar-refractivity contribution in [3.05, 3.63) is 65.0 Å². The summed E-state index contributed by atoms with van der Waals surface area (Å²) in [5.41, 5.74) is 7.33. The molecule has 1 heterocycles. The summed E-state index contributed by atoms with van der Waals surface area (Å²) >= 11 is 0. The van der Waals surface area contributed by atoms with Crippen LogP contribution in [-0.2, 0) is 19.3 Å². The lowest BCUT2D eigenvalue weighted by atomic mass is 10.1. The van der Waals surface area contributed by atoms with Crippen LogP contribution in [0.25, 0.3) is 0 Å². The molecule has 0 aliphatic rings. The van der Waals surface area contributed by atoms with Crippen molar-refractivity contribution in [3.63, 3.8) is 0 Å². The molecule has 0 radical (unpaired) electrons. The molecule has 1 aromatic carbocycles. The van der Waals surface area contributed by atoms with Crippen molar-refractivity contribution in [2.45, 2.75) is 26.2 Å². The highest BCUT2D eigenvalue weighted by Crippen LogP contribution is 2.29. The molecule has 24 heavy (non-hydrogen) atoms. The molecule has 0 fully saturated rings. The van der Waals surface area contributed by atoms with E-state index in [9.17, 15) is 13.2 Å². The summed E-state index contributed by atoms with van der Waals surface area (Å²) < 4.78 is 37.9. The minimum Gasteiger partial charge on any atom is -0.370 e. The molecule has 130 valence electrons. The van der Waals surface area contributed by atoms with E-state index >= 15 is 0 Å². The van der Waals surface area contributed by atoms with Crippen LogP contribution in [0.4, 0.5) is 13.2 Å². The Hall–Kier alpha value is -1.84. The monoisotopic (exact) mass is 450 g/mol. The van der Waals surface area contributed by atoms with Gasteiger partial charge < -0.3 is 11.1 Å². The van der Waals surface area contributed by atoms with Gasteiger partial charge in [0.1, 0.15) is 0 Å². The van der Waals surface area contributed by atoms with Crippen LogP contribution in [0.1, 0.15) is 22.4 Å². The number of guanidine groups is 1. The van der Waals surface area contributed by atoms with E-state index in [-0.39, 0.29) is 36.5 Å².